The van der Waals surface area contributed by atoms with E-state index in [2.05, 4.69) is 4.98 Å². The van der Waals surface area contributed by atoms with Gasteiger partial charge in [0, 0.05) is 0 Å². The van der Waals surface area contributed by atoms with Gasteiger partial charge in [-0.05, 0) is 13.8 Å². The maximum absolute atomic E-state index is 5.41. The van der Waals surface area contributed by atoms with Crippen molar-refractivity contribution in [2.24, 2.45) is 0 Å². The molecule has 82 valence electrons. The fourth-order valence-corrected chi connectivity index (χ4v) is 2.36. The molecular weight excluding hydrogens is 218 g/mol. The van der Waals surface area contributed by atoms with Crippen molar-refractivity contribution >= 4 is 11.3 Å². The van der Waals surface area contributed by atoms with Gasteiger partial charge in [0.2, 0.25) is 12.6 Å². The van der Waals surface area contributed by atoms with Gasteiger partial charge in [0.25, 0.3) is 0 Å². The Morgan fingerprint density at radius 2 is 1.67 bits per heavy atom. The third kappa shape index (κ3) is 1.58. The second kappa shape index (κ2) is 3.50. The van der Waals surface area contributed by atoms with Gasteiger partial charge in [-0.2, -0.15) is 0 Å². The van der Waals surface area contributed by atoms with Crippen LogP contribution in [0.4, 0.5) is 0 Å². The summed E-state index contributed by atoms with van der Waals surface area (Å²) in [6, 6.07) is 0. The van der Waals surface area contributed by atoms with Crippen LogP contribution in [0.15, 0.2) is 5.51 Å². The summed E-state index contributed by atoms with van der Waals surface area (Å²) in [7, 11) is 0. The van der Waals surface area contributed by atoms with E-state index in [4.69, 9.17) is 18.9 Å². The number of nitrogens with zero attached hydrogens (tertiary/aromatic N) is 1. The zero-order valence-electron chi connectivity index (χ0n) is 8.38. The Balaban J connectivity index is 1.75. The third-order valence-electron chi connectivity index (χ3n) is 2.32. The topological polar surface area (TPSA) is 49.8 Å². The summed E-state index contributed by atoms with van der Waals surface area (Å²) >= 11 is 1.49. The quantitative estimate of drug-likeness (QED) is 0.775. The molecule has 15 heavy (non-hydrogen) atoms. The normalized spacial score (nSPS) is 39.6. The molecule has 0 aromatic carbocycles. The lowest BCUT2D eigenvalue weighted by Crippen LogP contribution is -2.35. The van der Waals surface area contributed by atoms with Crippen LogP contribution in [0, 0.1) is 0 Å². The van der Waals surface area contributed by atoms with Gasteiger partial charge in [0.1, 0.15) is 5.69 Å². The Kier molecular flexibility index (Phi) is 2.26. The van der Waals surface area contributed by atoms with E-state index in [0.717, 1.165) is 10.6 Å². The number of hydrogen-bond donors (Lipinski definition) is 0. The number of rotatable bonds is 2. The van der Waals surface area contributed by atoms with E-state index in [0.29, 0.717) is 0 Å². The van der Waals surface area contributed by atoms with Crippen LogP contribution in [-0.4, -0.2) is 17.6 Å². The lowest BCUT2D eigenvalue weighted by molar-refractivity contribution is -0.393. The van der Waals surface area contributed by atoms with Crippen LogP contribution in [0.3, 0.4) is 0 Å². The molecule has 0 amide bonds. The smallest absolute Gasteiger partial charge is 0.207 e. The average molecular weight is 229 g/mol. The summed E-state index contributed by atoms with van der Waals surface area (Å²) in [5.41, 5.74) is 2.52. The van der Waals surface area contributed by atoms with E-state index < -0.39 is 0 Å². The van der Waals surface area contributed by atoms with Gasteiger partial charge in [-0.1, -0.05) is 0 Å². The average Bonchev–Trinajstić information content (AvgIpc) is 2.55. The number of hydrogen-bond acceptors (Lipinski definition) is 6. The minimum absolute atomic E-state index is 0.132. The van der Waals surface area contributed by atoms with Crippen molar-refractivity contribution in [1.82, 2.24) is 4.98 Å². The van der Waals surface area contributed by atoms with E-state index >= 15 is 0 Å². The Labute approximate surface area is 90.9 Å². The molecule has 0 unspecified atom stereocenters. The summed E-state index contributed by atoms with van der Waals surface area (Å²) in [4.78, 5) is 5.14. The van der Waals surface area contributed by atoms with Crippen LogP contribution in [0.5, 0.6) is 0 Å². The van der Waals surface area contributed by atoms with E-state index in [-0.39, 0.29) is 25.2 Å². The van der Waals surface area contributed by atoms with Crippen molar-refractivity contribution in [2.75, 3.05) is 0 Å². The molecule has 0 spiro atoms. The first-order valence-electron chi connectivity index (χ1n) is 4.79. The Morgan fingerprint density at radius 3 is 2.27 bits per heavy atom. The number of thiazole rings is 1. The summed E-state index contributed by atoms with van der Waals surface area (Å²) in [6.45, 7) is 3.70. The van der Waals surface area contributed by atoms with Crippen molar-refractivity contribution < 1.29 is 18.9 Å². The highest BCUT2D eigenvalue weighted by Crippen LogP contribution is 2.41. The van der Waals surface area contributed by atoms with Gasteiger partial charge in [0.15, 0.2) is 12.6 Å². The summed E-state index contributed by atoms with van der Waals surface area (Å²) in [5.74, 6) is 0. The molecule has 0 N–H and O–H groups in total. The molecule has 0 radical (unpaired) electrons. The minimum Gasteiger partial charge on any atom is -0.319 e. The molecular formula is C9H11NO4S. The molecule has 0 atom stereocenters. The Hall–Kier alpha value is -0.530. The zero-order chi connectivity index (χ0) is 10.4. The molecule has 2 fully saturated rings. The van der Waals surface area contributed by atoms with E-state index in [9.17, 15) is 0 Å². The Bertz CT molecular complexity index is 324. The predicted molar refractivity (Wildman–Crippen MR) is 50.9 cm³/mol. The maximum Gasteiger partial charge on any atom is 0.207 e. The first kappa shape index (κ1) is 9.68. The zero-order valence-corrected chi connectivity index (χ0v) is 9.19. The predicted octanol–water partition coefficient (Wildman–Crippen LogP) is 1.93. The van der Waals surface area contributed by atoms with Gasteiger partial charge in [0.05, 0.1) is 10.4 Å². The van der Waals surface area contributed by atoms with Crippen molar-refractivity contribution in [3.63, 3.8) is 0 Å². The molecule has 3 rings (SSSR count). The van der Waals surface area contributed by atoms with Gasteiger partial charge >= 0.3 is 0 Å². The van der Waals surface area contributed by atoms with E-state index in [1.807, 2.05) is 13.8 Å². The number of aromatic nitrogens is 1. The summed E-state index contributed by atoms with van der Waals surface area (Å²) in [5, 5.41) is 0. The second-order valence-electron chi connectivity index (χ2n) is 3.45. The summed E-state index contributed by atoms with van der Waals surface area (Å²) in [6.07, 6.45) is -0.936. The van der Waals surface area contributed by atoms with Crippen molar-refractivity contribution in [3.8, 4) is 0 Å². The van der Waals surface area contributed by atoms with Crippen molar-refractivity contribution in [1.29, 1.82) is 0 Å². The lowest BCUT2D eigenvalue weighted by Gasteiger charge is -2.36. The van der Waals surface area contributed by atoms with Crippen LogP contribution in [0.2, 0.25) is 0 Å². The molecule has 1 aromatic rings. The van der Waals surface area contributed by atoms with Crippen LogP contribution in [0.25, 0.3) is 0 Å². The van der Waals surface area contributed by atoms with Gasteiger partial charge in [-0.15, -0.1) is 11.3 Å². The number of ether oxygens (including phenoxy) is 4. The highest BCUT2D eigenvalue weighted by molar-refractivity contribution is 7.09. The van der Waals surface area contributed by atoms with Gasteiger partial charge in [-0.25, -0.2) is 4.98 Å². The third-order valence-corrected chi connectivity index (χ3v) is 3.19. The van der Waals surface area contributed by atoms with Crippen LogP contribution in [0.1, 0.15) is 37.0 Å². The first-order chi connectivity index (χ1) is 7.24. The van der Waals surface area contributed by atoms with Gasteiger partial charge < -0.3 is 18.9 Å². The molecule has 2 aliphatic rings. The van der Waals surface area contributed by atoms with Crippen LogP contribution in [-0.2, 0) is 18.9 Å². The summed E-state index contributed by atoms with van der Waals surface area (Å²) < 4.78 is 21.6. The SMILES string of the molecule is CC1OC(c2ncsc2C2OC(C)O2)O1. The molecule has 1 aromatic heterocycles. The molecule has 5 nitrogen and oxygen atoms in total. The monoisotopic (exact) mass is 229 g/mol. The molecule has 0 bridgehead atoms. The molecule has 2 saturated heterocycles. The second-order valence-corrected chi connectivity index (χ2v) is 4.33. The van der Waals surface area contributed by atoms with Crippen LogP contribution >= 0.6 is 11.3 Å². The highest BCUT2D eigenvalue weighted by Gasteiger charge is 2.38. The standard InChI is InChI=1S/C9H11NO4S/c1-4-11-8(12-4)6-7(15-3-10-6)9-13-5(2)14-9/h3-5,8-9H,1-2H3. The van der Waals surface area contributed by atoms with Crippen molar-refractivity contribution in [2.45, 2.75) is 39.0 Å². The molecule has 2 aliphatic heterocycles. The first-order valence-corrected chi connectivity index (χ1v) is 5.67. The van der Waals surface area contributed by atoms with Crippen LogP contribution < -0.4 is 0 Å². The maximum atomic E-state index is 5.41. The molecule has 6 heteroatoms. The van der Waals surface area contributed by atoms with E-state index in [1.54, 1.807) is 5.51 Å². The van der Waals surface area contributed by atoms with Gasteiger partial charge in [-0.3, -0.25) is 0 Å². The largest absolute Gasteiger partial charge is 0.319 e. The fraction of sp³-hybridized carbons (Fsp3) is 0.667. The highest BCUT2D eigenvalue weighted by atomic mass is 32.1. The van der Waals surface area contributed by atoms with E-state index in [1.165, 1.54) is 11.3 Å². The Morgan fingerprint density at radius 1 is 1.07 bits per heavy atom. The molecule has 0 saturated carbocycles. The molecule has 0 aliphatic carbocycles. The molecule has 3 heterocycles. The van der Waals surface area contributed by atoms with Crippen molar-refractivity contribution in [3.05, 3.63) is 16.1 Å². The minimum atomic E-state index is -0.357. The lowest BCUT2D eigenvalue weighted by atomic mass is 10.3. The fourth-order valence-electron chi connectivity index (χ4n) is 1.59.